The predicted octanol–water partition coefficient (Wildman–Crippen LogP) is 2.41. The first-order valence-corrected chi connectivity index (χ1v) is 6.51. The molecular formula is C15H16N4O. The molecule has 1 aromatic carbocycles. The van der Waals surface area contributed by atoms with Crippen molar-refractivity contribution in [1.82, 2.24) is 20.0 Å². The third-order valence-corrected chi connectivity index (χ3v) is 3.26. The Bertz CT molecular complexity index is 809. The maximum Gasteiger partial charge on any atom is 0.253 e. The van der Waals surface area contributed by atoms with Gasteiger partial charge in [-0.05, 0) is 23.6 Å². The largest absolute Gasteiger partial charge is 0.305 e. The van der Waals surface area contributed by atoms with Crippen LogP contribution in [0.4, 0.5) is 0 Å². The molecule has 0 atom stereocenters. The summed E-state index contributed by atoms with van der Waals surface area (Å²) in [4.78, 5) is 15.1. The molecule has 3 rings (SSSR count). The molecule has 0 saturated heterocycles. The van der Waals surface area contributed by atoms with Crippen molar-refractivity contribution in [3.63, 3.8) is 0 Å². The molecule has 0 spiro atoms. The van der Waals surface area contributed by atoms with E-state index in [4.69, 9.17) is 0 Å². The van der Waals surface area contributed by atoms with Gasteiger partial charge in [-0.2, -0.15) is 4.68 Å². The van der Waals surface area contributed by atoms with Crippen LogP contribution in [0.2, 0.25) is 0 Å². The van der Waals surface area contributed by atoms with Crippen LogP contribution in [-0.2, 0) is 5.41 Å². The van der Waals surface area contributed by atoms with E-state index in [1.807, 2.05) is 57.2 Å². The van der Waals surface area contributed by atoms with E-state index in [0.29, 0.717) is 16.7 Å². The summed E-state index contributed by atoms with van der Waals surface area (Å²) in [5.41, 5.74) is 2.58. The Morgan fingerprint density at radius 3 is 2.50 bits per heavy atom. The highest BCUT2D eigenvalue weighted by molar-refractivity contribution is 5.72. The quantitative estimate of drug-likeness (QED) is 0.737. The van der Waals surface area contributed by atoms with E-state index in [1.165, 1.54) is 0 Å². The minimum absolute atomic E-state index is 0.0931. The fraction of sp³-hybridized carbons (Fsp3) is 0.267. The number of para-hydroxylation sites is 1. The molecule has 0 saturated carbocycles. The molecule has 0 fully saturated rings. The van der Waals surface area contributed by atoms with Crippen molar-refractivity contribution in [2.75, 3.05) is 0 Å². The van der Waals surface area contributed by atoms with Gasteiger partial charge in [-0.1, -0.05) is 44.2 Å². The Balaban J connectivity index is 2.26. The van der Waals surface area contributed by atoms with Crippen LogP contribution in [0.3, 0.4) is 0 Å². The Morgan fingerprint density at radius 1 is 1.15 bits per heavy atom. The lowest BCUT2D eigenvalue weighted by Crippen LogP contribution is -2.24. The Labute approximate surface area is 116 Å². The number of rotatable bonds is 1. The number of aromatic amines is 1. The fourth-order valence-electron chi connectivity index (χ4n) is 2.19. The Hall–Kier alpha value is -2.43. The summed E-state index contributed by atoms with van der Waals surface area (Å²) >= 11 is 0. The number of benzene rings is 1. The minimum atomic E-state index is -0.224. The lowest BCUT2D eigenvalue weighted by Gasteiger charge is -2.17. The van der Waals surface area contributed by atoms with E-state index < -0.39 is 0 Å². The van der Waals surface area contributed by atoms with Gasteiger partial charge in [-0.15, -0.1) is 5.10 Å². The first-order chi connectivity index (χ1) is 9.47. The number of aromatic nitrogens is 4. The van der Waals surface area contributed by atoms with Gasteiger partial charge in [-0.25, -0.2) is 0 Å². The molecule has 0 amide bonds. The zero-order valence-electron chi connectivity index (χ0n) is 11.7. The Kier molecular flexibility index (Phi) is 2.71. The van der Waals surface area contributed by atoms with E-state index >= 15 is 0 Å². The highest BCUT2D eigenvalue weighted by atomic mass is 16.1. The van der Waals surface area contributed by atoms with Gasteiger partial charge in [0, 0.05) is 5.56 Å². The van der Waals surface area contributed by atoms with Crippen LogP contribution in [0, 0.1) is 0 Å². The number of pyridine rings is 1. The van der Waals surface area contributed by atoms with Crippen molar-refractivity contribution in [2.45, 2.75) is 26.2 Å². The van der Waals surface area contributed by atoms with Crippen molar-refractivity contribution < 1.29 is 0 Å². The third kappa shape index (κ3) is 2.01. The average molecular weight is 268 g/mol. The van der Waals surface area contributed by atoms with Gasteiger partial charge < -0.3 is 4.98 Å². The van der Waals surface area contributed by atoms with Crippen molar-refractivity contribution in [1.29, 1.82) is 0 Å². The first kappa shape index (κ1) is 12.6. The topological polar surface area (TPSA) is 63.6 Å². The summed E-state index contributed by atoms with van der Waals surface area (Å²) in [5, 5.41) is 8.28. The summed E-state index contributed by atoms with van der Waals surface area (Å²) < 4.78 is 1.64. The number of nitrogens with zero attached hydrogens (tertiary/aromatic N) is 3. The van der Waals surface area contributed by atoms with Crippen LogP contribution in [0.25, 0.3) is 16.9 Å². The molecule has 1 N–H and O–H groups in total. The van der Waals surface area contributed by atoms with E-state index in [9.17, 15) is 4.79 Å². The molecular weight excluding hydrogens is 252 g/mol. The van der Waals surface area contributed by atoms with Gasteiger partial charge in [0.2, 0.25) is 0 Å². The molecule has 5 heteroatoms. The highest BCUT2D eigenvalue weighted by Crippen LogP contribution is 2.21. The predicted molar refractivity (Wildman–Crippen MR) is 78.2 cm³/mol. The summed E-state index contributed by atoms with van der Waals surface area (Å²) in [6, 6.07) is 11.4. The van der Waals surface area contributed by atoms with E-state index in [2.05, 4.69) is 15.3 Å². The van der Waals surface area contributed by atoms with Gasteiger partial charge in [-0.3, -0.25) is 4.79 Å². The van der Waals surface area contributed by atoms with Crippen molar-refractivity contribution in [2.24, 2.45) is 0 Å². The van der Waals surface area contributed by atoms with Crippen LogP contribution < -0.4 is 5.56 Å². The number of nitrogens with one attached hydrogen (secondary N) is 1. The number of hydrogen-bond donors (Lipinski definition) is 1. The lowest BCUT2D eigenvalue weighted by molar-refractivity contribution is 0.582. The van der Waals surface area contributed by atoms with Gasteiger partial charge in [0.25, 0.3) is 5.56 Å². The molecule has 0 radical (unpaired) electrons. The molecule has 0 aliphatic heterocycles. The van der Waals surface area contributed by atoms with E-state index in [1.54, 1.807) is 4.68 Å². The highest BCUT2D eigenvalue weighted by Gasteiger charge is 2.20. The smallest absolute Gasteiger partial charge is 0.253 e. The maximum absolute atomic E-state index is 12.2. The van der Waals surface area contributed by atoms with Crippen molar-refractivity contribution in [3.05, 3.63) is 52.3 Å². The lowest BCUT2D eigenvalue weighted by atomic mass is 9.88. The number of fused-ring (bicyclic) bond motifs is 1. The molecule has 0 aliphatic rings. The van der Waals surface area contributed by atoms with E-state index in [0.717, 1.165) is 5.69 Å². The van der Waals surface area contributed by atoms with Crippen LogP contribution in [0.1, 0.15) is 26.3 Å². The van der Waals surface area contributed by atoms with Crippen LogP contribution >= 0.6 is 0 Å². The average Bonchev–Trinajstić information content (AvgIpc) is 2.80. The van der Waals surface area contributed by atoms with Gasteiger partial charge in [0.05, 0.1) is 5.69 Å². The van der Waals surface area contributed by atoms with Gasteiger partial charge in [0.1, 0.15) is 5.52 Å². The van der Waals surface area contributed by atoms with Gasteiger partial charge >= 0.3 is 0 Å². The molecule has 0 unspecified atom stereocenters. The van der Waals surface area contributed by atoms with Crippen LogP contribution in [-0.4, -0.2) is 20.0 Å². The van der Waals surface area contributed by atoms with Crippen LogP contribution in [0.15, 0.2) is 41.2 Å². The second-order valence-corrected chi connectivity index (χ2v) is 5.83. The monoisotopic (exact) mass is 268 g/mol. The van der Waals surface area contributed by atoms with Crippen molar-refractivity contribution in [3.8, 4) is 5.69 Å². The van der Waals surface area contributed by atoms with Gasteiger partial charge in [0.15, 0.2) is 5.65 Å². The molecule has 5 nitrogen and oxygen atoms in total. The molecule has 102 valence electrons. The van der Waals surface area contributed by atoms with Crippen LogP contribution in [0.5, 0.6) is 0 Å². The first-order valence-electron chi connectivity index (χ1n) is 6.51. The summed E-state index contributed by atoms with van der Waals surface area (Å²) in [6.45, 7) is 6.01. The standard InChI is InChI=1S/C15H16N4O/c1-15(2,3)11-9-12-13(16-14(11)20)19(18-17-12)10-7-5-4-6-8-10/h4-9H,1-3H3,(H,16,20). The summed E-state index contributed by atoms with van der Waals surface area (Å²) in [6.07, 6.45) is 0. The third-order valence-electron chi connectivity index (χ3n) is 3.26. The summed E-state index contributed by atoms with van der Waals surface area (Å²) in [5.74, 6) is 0. The zero-order valence-corrected chi connectivity index (χ0v) is 11.7. The number of H-pyrrole nitrogens is 1. The molecule has 20 heavy (non-hydrogen) atoms. The molecule has 2 heterocycles. The second kappa shape index (κ2) is 4.30. The SMILES string of the molecule is CC(C)(C)c1cc2nnn(-c3ccccc3)c2[nH]c1=O. The molecule has 3 aromatic rings. The normalized spacial score (nSPS) is 11.9. The van der Waals surface area contributed by atoms with Crippen molar-refractivity contribution >= 4 is 11.2 Å². The molecule has 0 bridgehead atoms. The maximum atomic E-state index is 12.2. The minimum Gasteiger partial charge on any atom is -0.305 e. The molecule has 0 aliphatic carbocycles. The summed E-state index contributed by atoms with van der Waals surface area (Å²) in [7, 11) is 0. The Morgan fingerprint density at radius 2 is 1.85 bits per heavy atom. The second-order valence-electron chi connectivity index (χ2n) is 5.83. The molecule has 2 aromatic heterocycles. The fourth-order valence-corrected chi connectivity index (χ4v) is 2.19. The zero-order chi connectivity index (χ0) is 14.3. The number of hydrogen-bond acceptors (Lipinski definition) is 3. The van der Waals surface area contributed by atoms with E-state index in [-0.39, 0.29) is 11.0 Å².